The Labute approximate surface area is 420 Å². The number of thioether (sulfide) groups is 1. The monoisotopic (exact) mass is 1030 g/mol. The molecular formula is C52H75NO12S2Si2. The molecule has 69 heavy (non-hydrogen) atoms. The summed E-state index contributed by atoms with van der Waals surface area (Å²) < 4.78 is 40.3. The third-order valence-electron chi connectivity index (χ3n) is 16.9. The smallest absolute Gasteiger partial charge is 0.337 e. The first-order chi connectivity index (χ1) is 32.1. The highest BCUT2D eigenvalue weighted by molar-refractivity contribution is 8.22. The number of thiocarbonyl (C=S) groups is 1. The highest BCUT2D eigenvalue weighted by Crippen LogP contribution is 2.64. The molecule has 1 saturated heterocycles. The number of rotatable bonds is 15. The molecular weight excluding hydrogens is 951 g/mol. The van der Waals surface area contributed by atoms with Crippen molar-refractivity contribution in [1.29, 1.82) is 0 Å². The SMILES string of the molecule is CC[Si](CC)(CC)O[C@H]1C[C@H]2OC[C@@]2(OC(=S)SC)C2[C@H](O)[C@]3(O)C[C@H](OC(=O)[C@H](O[Si](C)(C)C(C)(C)C)[C@@H](NC(=O)c4ccccc4)c4ccccc4)C(C)=C([C@@H](OC(C)=O)C(=O)[C@@]21C)C3(C)C. The van der Waals surface area contributed by atoms with E-state index in [9.17, 15) is 19.8 Å². The summed E-state index contributed by atoms with van der Waals surface area (Å²) in [5.74, 6) is -3.80. The number of carbonyl (C=O) groups is 4. The van der Waals surface area contributed by atoms with Crippen LogP contribution in [0.1, 0.15) is 111 Å². The van der Waals surface area contributed by atoms with E-state index in [2.05, 4.69) is 26.1 Å². The number of hydrogen-bond donors (Lipinski definition) is 3. The summed E-state index contributed by atoms with van der Waals surface area (Å²) in [6.45, 7) is 24.4. The molecule has 0 spiro atoms. The maximum absolute atomic E-state index is 16.2. The van der Waals surface area contributed by atoms with Gasteiger partial charge in [-0.3, -0.25) is 14.4 Å². The lowest BCUT2D eigenvalue weighted by Gasteiger charge is -2.68. The van der Waals surface area contributed by atoms with Crippen LogP contribution in [0.4, 0.5) is 0 Å². The van der Waals surface area contributed by atoms with Gasteiger partial charge in [-0.15, -0.1) is 0 Å². The van der Waals surface area contributed by atoms with E-state index in [4.69, 9.17) is 40.0 Å². The maximum Gasteiger partial charge on any atom is 0.337 e. The predicted octanol–water partition coefficient (Wildman–Crippen LogP) is 9.03. The lowest BCUT2D eigenvalue weighted by atomic mass is 9.44. The van der Waals surface area contributed by atoms with Crippen LogP contribution in [0.3, 0.4) is 0 Å². The number of amides is 1. The minimum Gasteiger partial charge on any atom is -0.466 e. The Hall–Kier alpha value is -3.27. The minimum atomic E-state index is -2.86. The number of esters is 2. The highest BCUT2D eigenvalue weighted by Gasteiger charge is 2.78. The molecule has 2 aromatic rings. The normalized spacial score (nSPS) is 30.8. The summed E-state index contributed by atoms with van der Waals surface area (Å²) in [5.41, 5.74) is -5.20. The molecule has 1 amide bonds. The van der Waals surface area contributed by atoms with Crippen molar-refractivity contribution in [2.24, 2.45) is 16.7 Å². The van der Waals surface area contributed by atoms with Crippen LogP contribution in [0, 0.1) is 16.7 Å². The van der Waals surface area contributed by atoms with Gasteiger partial charge in [-0.2, -0.15) is 0 Å². The van der Waals surface area contributed by atoms with Crippen molar-refractivity contribution >= 4 is 68.6 Å². The van der Waals surface area contributed by atoms with Gasteiger partial charge in [0, 0.05) is 36.7 Å². The first-order valence-electron chi connectivity index (χ1n) is 24.3. The van der Waals surface area contributed by atoms with Gasteiger partial charge in [0.05, 0.1) is 30.3 Å². The summed E-state index contributed by atoms with van der Waals surface area (Å²) >= 11 is 6.91. The fourth-order valence-corrected chi connectivity index (χ4v) is 15.8. The molecule has 2 aromatic carbocycles. The fourth-order valence-electron chi connectivity index (χ4n) is 11.3. The van der Waals surface area contributed by atoms with E-state index >= 15 is 9.59 Å². The minimum absolute atomic E-state index is 0.0511. The number of aliphatic hydroxyl groups excluding tert-OH is 1. The number of ether oxygens (including phenoxy) is 4. The molecule has 2 saturated carbocycles. The van der Waals surface area contributed by atoms with Crippen LogP contribution < -0.4 is 5.32 Å². The second-order valence-electron chi connectivity index (χ2n) is 21.8. The predicted molar refractivity (Wildman–Crippen MR) is 276 cm³/mol. The van der Waals surface area contributed by atoms with Crippen LogP contribution in [0.5, 0.6) is 0 Å². The molecule has 11 atom stereocenters. The summed E-state index contributed by atoms with van der Waals surface area (Å²) in [7, 11) is -5.37. The zero-order chi connectivity index (χ0) is 51.3. The van der Waals surface area contributed by atoms with Gasteiger partial charge in [0.1, 0.15) is 17.8 Å². The largest absolute Gasteiger partial charge is 0.466 e. The lowest BCUT2D eigenvalue weighted by Crippen LogP contribution is -2.82. The van der Waals surface area contributed by atoms with Crippen molar-refractivity contribution in [3.05, 3.63) is 82.9 Å². The van der Waals surface area contributed by atoms with Crippen LogP contribution in [0.25, 0.3) is 0 Å². The zero-order valence-corrected chi connectivity index (χ0v) is 46.6. The van der Waals surface area contributed by atoms with Crippen molar-refractivity contribution in [3.8, 4) is 0 Å². The molecule has 0 aromatic heterocycles. The molecule has 4 aliphatic rings. The van der Waals surface area contributed by atoms with Crippen LogP contribution in [0.2, 0.25) is 36.3 Å². The Kier molecular flexibility index (Phi) is 16.2. The Balaban J connectivity index is 1.56. The number of benzene rings is 2. The number of fused-ring (bicyclic) bond motifs is 5. The van der Waals surface area contributed by atoms with Gasteiger partial charge < -0.3 is 43.3 Å². The van der Waals surface area contributed by atoms with Crippen molar-refractivity contribution in [2.45, 2.75) is 179 Å². The van der Waals surface area contributed by atoms with Gasteiger partial charge in [0.25, 0.3) is 5.91 Å². The van der Waals surface area contributed by atoms with E-state index in [-0.39, 0.29) is 29.4 Å². The Morgan fingerprint density at radius 1 is 0.971 bits per heavy atom. The van der Waals surface area contributed by atoms with Crippen LogP contribution in [-0.2, 0) is 42.2 Å². The second-order valence-corrected chi connectivity index (χ2v) is 32.6. The molecule has 0 radical (unpaired) electrons. The number of hydrogen-bond acceptors (Lipinski definition) is 14. The van der Waals surface area contributed by atoms with Gasteiger partial charge in [0.2, 0.25) is 4.38 Å². The topological polar surface area (TPSA) is 176 Å². The maximum atomic E-state index is 16.2. The summed E-state index contributed by atoms with van der Waals surface area (Å²) in [4.78, 5) is 59.1. The summed E-state index contributed by atoms with van der Waals surface area (Å²) in [6, 6.07) is 19.0. The summed E-state index contributed by atoms with van der Waals surface area (Å²) in [6.07, 6.45) is -5.95. The van der Waals surface area contributed by atoms with Crippen LogP contribution in [-0.4, -0.2) is 116 Å². The number of carbonyl (C=O) groups excluding carboxylic acids is 4. The van der Waals surface area contributed by atoms with Gasteiger partial charge in [-0.25, -0.2) is 4.79 Å². The van der Waals surface area contributed by atoms with Gasteiger partial charge in [-0.05, 0) is 97.4 Å². The average molecular weight is 1030 g/mol. The Morgan fingerprint density at radius 2 is 1.55 bits per heavy atom. The third-order valence-corrected chi connectivity index (χ3v) is 27.0. The van der Waals surface area contributed by atoms with E-state index in [0.717, 1.165) is 18.1 Å². The second kappa shape index (κ2) is 20.3. The average Bonchev–Trinajstić information content (AvgIpc) is 3.29. The van der Waals surface area contributed by atoms with Gasteiger partial charge in [0.15, 0.2) is 40.2 Å². The molecule has 380 valence electrons. The van der Waals surface area contributed by atoms with E-state index in [1.54, 1.807) is 76.4 Å². The third kappa shape index (κ3) is 9.74. The first kappa shape index (κ1) is 55.1. The quantitative estimate of drug-likeness (QED) is 0.0667. The van der Waals surface area contributed by atoms with Crippen molar-refractivity contribution in [1.82, 2.24) is 5.32 Å². The molecule has 6 rings (SSSR count). The lowest BCUT2D eigenvalue weighted by molar-refractivity contribution is -0.336. The highest BCUT2D eigenvalue weighted by atomic mass is 32.2. The fraction of sp³-hybridized carbons (Fsp3) is 0.635. The van der Waals surface area contributed by atoms with Gasteiger partial charge in [-0.1, -0.05) is 116 Å². The molecule has 1 heterocycles. The molecule has 3 fully saturated rings. The van der Waals surface area contributed by atoms with Crippen molar-refractivity contribution < 1.29 is 57.2 Å². The molecule has 17 heteroatoms. The van der Waals surface area contributed by atoms with E-state index in [0.29, 0.717) is 16.7 Å². The van der Waals surface area contributed by atoms with E-state index < -0.39 is 116 Å². The molecule has 1 aliphatic heterocycles. The molecule has 1 unspecified atom stereocenters. The Bertz CT molecular complexity index is 2280. The number of nitrogens with one attached hydrogen (secondary N) is 1. The number of Topliss-reactive ketones (excluding diaryl/α,β-unsaturated/α-hetero) is 1. The summed E-state index contributed by atoms with van der Waals surface area (Å²) in [5, 5.41) is 30.0. The Morgan fingerprint density at radius 3 is 2.06 bits per heavy atom. The molecule has 13 nitrogen and oxygen atoms in total. The zero-order valence-electron chi connectivity index (χ0n) is 42.9. The molecule has 3 N–H and O–H groups in total. The van der Waals surface area contributed by atoms with E-state index in [1.165, 1.54) is 18.7 Å². The van der Waals surface area contributed by atoms with E-state index in [1.807, 2.05) is 52.1 Å². The van der Waals surface area contributed by atoms with Crippen LogP contribution in [0.15, 0.2) is 71.8 Å². The number of ketones is 1. The number of aliphatic hydroxyl groups is 2. The van der Waals surface area contributed by atoms with Gasteiger partial charge >= 0.3 is 11.9 Å². The molecule has 3 aliphatic carbocycles. The van der Waals surface area contributed by atoms with Crippen molar-refractivity contribution in [2.75, 3.05) is 12.9 Å². The van der Waals surface area contributed by atoms with Crippen molar-refractivity contribution in [3.63, 3.8) is 0 Å². The van der Waals surface area contributed by atoms with Crippen LogP contribution >= 0.6 is 24.0 Å². The molecule has 2 bridgehead atoms. The standard InChI is InChI=1S/C52H75NO12S2Si2/c1-15-69(16-2,17-3)64-36-28-37-51(30-60-37,63-47(66)67-12)42-44(56)52(59)29-35(31(4)38(49(52,9)10)40(61-32(5)54)43(55)50(36,42)11)62-46(58)41(65-68(13,14)48(6,7)8)39(33-24-20-18-21-25-33)53-45(57)34-26-22-19-23-27-34/h18-27,35-37,39-42,44,56,59H,15-17,28-30H2,1-14H3,(H,53,57)/t35-,36-,37+,39-,40+,41+,42?,44-,50+,51-,52+/m0/s1. The first-order valence-corrected chi connectivity index (χ1v) is 31.4.